The van der Waals surface area contributed by atoms with E-state index < -0.39 is 0 Å². The second-order valence-electron chi connectivity index (χ2n) is 6.18. The van der Waals surface area contributed by atoms with Crippen molar-refractivity contribution in [2.24, 2.45) is 0 Å². The number of hydrogen-bond donors (Lipinski definition) is 1. The highest BCUT2D eigenvalue weighted by atomic mass is 79.9. The molecule has 1 amide bonds. The highest BCUT2D eigenvalue weighted by Gasteiger charge is 2.15. The van der Waals surface area contributed by atoms with Crippen LogP contribution in [0.4, 0.5) is 5.69 Å². The lowest BCUT2D eigenvalue weighted by atomic mass is 10.1. The van der Waals surface area contributed by atoms with Crippen LogP contribution < -0.4 is 14.8 Å². The van der Waals surface area contributed by atoms with Crippen molar-refractivity contribution in [3.63, 3.8) is 0 Å². The van der Waals surface area contributed by atoms with Crippen molar-refractivity contribution < 1.29 is 14.3 Å². The van der Waals surface area contributed by atoms with Gasteiger partial charge in [0.25, 0.3) is 5.91 Å². The van der Waals surface area contributed by atoms with Gasteiger partial charge < -0.3 is 14.8 Å². The van der Waals surface area contributed by atoms with E-state index in [9.17, 15) is 4.79 Å². The van der Waals surface area contributed by atoms with Crippen molar-refractivity contribution in [3.05, 3.63) is 71.1 Å². The lowest BCUT2D eigenvalue weighted by Crippen LogP contribution is -2.12. The number of halogens is 1. The van der Waals surface area contributed by atoms with Crippen LogP contribution in [-0.2, 0) is 0 Å². The Bertz CT molecular complexity index is 1130. The highest BCUT2D eigenvalue weighted by molar-refractivity contribution is 9.10. The number of hydrogen-bond acceptors (Lipinski definition) is 5. The highest BCUT2D eigenvalue weighted by Crippen LogP contribution is 2.35. The van der Waals surface area contributed by atoms with Crippen LogP contribution >= 0.6 is 15.9 Å². The number of carbonyl (C=O) groups is 1. The van der Waals surface area contributed by atoms with Gasteiger partial charge in [0.1, 0.15) is 16.0 Å². The van der Waals surface area contributed by atoms with E-state index in [0.717, 1.165) is 11.3 Å². The minimum absolute atomic E-state index is 0.265. The molecule has 0 fully saturated rings. The Hall–Kier alpha value is -3.39. The molecule has 7 nitrogen and oxygen atoms in total. The van der Waals surface area contributed by atoms with Crippen molar-refractivity contribution >= 4 is 33.3 Å². The normalized spacial score (nSPS) is 10.7. The minimum Gasteiger partial charge on any atom is -0.495 e. The summed E-state index contributed by atoms with van der Waals surface area (Å²) >= 11 is 3.40. The number of fused-ring (bicyclic) bond motifs is 1. The predicted octanol–water partition coefficient (Wildman–Crippen LogP) is 4.43. The van der Waals surface area contributed by atoms with Crippen molar-refractivity contribution in [2.75, 3.05) is 19.5 Å². The van der Waals surface area contributed by atoms with Crippen molar-refractivity contribution in [2.45, 2.75) is 0 Å². The first-order valence-electron chi connectivity index (χ1n) is 8.72. The molecule has 0 aliphatic carbocycles. The molecule has 146 valence electrons. The quantitative estimate of drug-likeness (QED) is 0.484. The fourth-order valence-electron chi connectivity index (χ4n) is 2.90. The SMILES string of the molecule is COc1cc(C(=O)Nc2ccc(-c3cn4cccnc4n3)cc2)cc(OC)c1Br. The van der Waals surface area contributed by atoms with E-state index in [1.165, 1.54) is 14.2 Å². The van der Waals surface area contributed by atoms with Crippen molar-refractivity contribution in [3.8, 4) is 22.8 Å². The molecule has 2 aromatic heterocycles. The van der Waals surface area contributed by atoms with Crippen LogP contribution in [-0.4, -0.2) is 34.5 Å². The van der Waals surface area contributed by atoms with E-state index in [4.69, 9.17) is 9.47 Å². The van der Waals surface area contributed by atoms with Crippen LogP contribution in [0.1, 0.15) is 10.4 Å². The molecule has 0 atom stereocenters. The number of imidazole rings is 1. The van der Waals surface area contributed by atoms with E-state index in [1.807, 2.05) is 47.1 Å². The molecule has 0 spiro atoms. The van der Waals surface area contributed by atoms with Gasteiger partial charge in [-0.2, -0.15) is 0 Å². The number of amides is 1. The zero-order valence-electron chi connectivity index (χ0n) is 15.7. The summed E-state index contributed by atoms with van der Waals surface area (Å²) in [4.78, 5) is 21.4. The summed E-state index contributed by atoms with van der Waals surface area (Å²) in [6.45, 7) is 0. The molecule has 0 aliphatic rings. The smallest absolute Gasteiger partial charge is 0.255 e. The second kappa shape index (κ2) is 7.92. The largest absolute Gasteiger partial charge is 0.495 e. The molecule has 8 heteroatoms. The molecule has 2 aromatic carbocycles. The van der Waals surface area contributed by atoms with Crippen molar-refractivity contribution in [1.82, 2.24) is 14.4 Å². The average Bonchev–Trinajstić information content (AvgIpc) is 3.18. The topological polar surface area (TPSA) is 77.8 Å². The summed E-state index contributed by atoms with van der Waals surface area (Å²) in [5.41, 5.74) is 2.84. The number of methoxy groups -OCH3 is 2. The summed E-state index contributed by atoms with van der Waals surface area (Å²) in [6.07, 6.45) is 5.52. The Morgan fingerprint density at radius 3 is 2.41 bits per heavy atom. The predicted molar refractivity (Wildman–Crippen MR) is 114 cm³/mol. The van der Waals surface area contributed by atoms with Gasteiger partial charge in [0.15, 0.2) is 0 Å². The van der Waals surface area contributed by atoms with Crippen LogP contribution in [0.3, 0.4) is 0 Å². The van der Waals surface area contributed by atoms with Gasteiger partial charge in [-0.15, -0.1) is 0 Å². The maximum absolute atomic E-state index is 12.7. The van der Waals surface area contributed by atoms with Crippen LogP contribution in [0.5, 0.6) is 11.5 Å². The number of anilines is 1. The number of benzene rings is 2. The van der Waals surface area contributed by atoms with Crippen LogP contribution in [0, 0.1) is 0 Å². The van der Waals surface area contributed by atoms with E-state index in [-0.39, 0.29) is 5.91 Å². The third-order valence-electron chi connectivity index (χ3n) is 4.38. The van der Waals surface area contributed by atoms with E-state index in [0.29, 0.717) is 33.0 Å². The van der Waals surface area contributed by atoms with Gasteiger partial charge in [-0.1, -0.05) is 12.1 Å². The van der Waals surface area contributed by atoms with Gasteiger partial charge in [0.05, 0.1) is 19.9 Å². The zero-order valence-corrected chi connectivity index (χ0v) is 17.3. The molecule has 0 aliphatic heterocycles. The Labute approximate surface area is 175 Å². The molecule has 1 N–H and O–H groups in total. The first-order valence-corrected chi connectivity index (χ1v) is 9.51. The maximum Gasteiger partial charge on any atom is 0.255 e. The summed E-state index contributed by atoms with van der Waals surface area (Å²) in [7, 11) is 3.07. The summed E-state index contributed by atoms with van der Waals surface area (Å²) in [5, 5.41) is 2.88. The molecule has 0 bridgehead atoms. The van der Waals surface area contributed by atoms with Crippen molar-refractivity contribution in [1.29, 1.82) is 0 Å². The molecule has 0 saturated carbocycles. The Balaban J connectivity index is 1.55. The number of aromatic nitrogens is 3. The summed E-state index contributed by atoms with van der Waals surface area (Å²) in [5.74, 6) is 1.41. The monoisotopic (exact) mass is 452 g/mol. The third-order valence-corrected chi connectivity index (χ3v) is 5.16. The Morgan fingerprint density at radius 1 is 1.10 bits per heavy atom. The molecule has 2 heterocycles. The molecular weight excluding hydrogens is 436 g/mol. The van der Waals surface area contributed by atoms with Gasteiger partial charge >= 0.3 is 0 Å². The van der Waals surface area contributed by atoms with E-state index in [1.54, 1.807) is 18.3 Å². The average molecular weight is 453 g/mol. The van der Waals surface area contributed by atoms with Gasteiger partial charge in [-0.3, -0.25) is 9.20 Å². The van der Waals surface area contributed by atoms with Crippen LogP contribution in [0.15, 0.2) is 65.5 Å². The zero-order chi connectivity index (χ0) is 20.4. The Morgan fingerprint density at radius 2 is 1.79 bits per heavy atom. The Kier molecular flexibility index (Phi) is 5.18. The second-order valence-corrected chi connectivity index (χ2v) is 6.97. The number of carbonyl (C=O) groups excluding carboxylic acids is 1. The lowest BCUT2D eigenvalue weighted by Gasteiger charge is -2.12. The number of ether oxygens (including phenoxy) is 2. The number of nitrogens with one attached hydrogen (secondary N) is 1. The van der Waals surface area contributed by atoms with Crippen LogP contribution in [0.2, 0.25) is 0 Å². The molecule has 4 rings (SSSR count). The van der Waals surface area contributed by atoms with Gasteiger partial charge in [0.2, 0.25) is 5.78 Å². The lowest BCUT2D eigenvalue weighted by molar-refractivity contribution is 0.102. The number of nitrogens with zero attached hydrogens (tertiary/aromatic N) is 3. The molecule has 4 aromatic rings. The molecule has 0 unspecified atom stereocenters. The number of rotatable bonds is 5. The molecule has 29 heavy (non-hydrogen) atoms. The summed E-state index contributed by atoms with van der Waals surface area (Å²) in [6, 6.07) is 12.6. The molecular formula is C21H17BrN4O3. The fourth-order valence-corrected chi connectivity index (χ4v) is 3.45. The first kappa shape index (κ1) is 18.9. The minimum atomic E-state index is -0.265. The van der Waals surface area contributed by atoms with Gasteiger partial charge in [-0.25, -0.2) is 9.97 Å². The fraction of sp³-hybridized carbons (Fsp3) is 0.0952. The molecule has 0 radical (unpaired) electrons. The van der Waals surface area contributed by atoms with E-state index >= 15 is 0 Å². The van der Waals surface area contributed by atoms with Gasteiger partial charge in [-0.05, 0) is 46.3 Å². The first-order chi connectivity index (χ1) is 14.1. The van der Waals surface area contributed by atoms with Gasteiger partial charge in [0, 0.05) is 35.4 Å². The summed E-state index contributed by atoms with van der Waals surface area (Å²) < 4.78 is 13.1. The maximum atomic E-state index is 12.7. The third kappa shape index (κ3) is 3.79. The van der Waals surface area contributed by atoms with Crippen LogP contribution in [0.25, 0.3) is 17.0 Å². The standard InChI is InChI=1S/C21H17BrN4O3/c1-28-17-10-14(11-18(29-2)19(17)22)20(27)24-15-6-4-13(5-7-15)16-12-26-9-3-8-23-21(26)25-16/h3-12H,1-2H3,(H,24,27). The molecule has 0 saturated heterocycles. The van der Waals surface area contributed by atoms with E-state index in [2.05, 4.69) is 31.2 Å².